The van der Waals surface area contributed by atoms with E-state index in [-0.39, 0.29) is 5.95 Å². The van der Waals surface area contributed by atoms with E-state index >= 15 is 0 Å². The third-order valence-corrected chi connectivity index (χ3v) is 2.37. The minimum atomic E-state index is 0.175. The molecular weight excluding hydrogens is 232 g/mol. The molecule has 0 spiro atoms. The van der Waals surface area contributed by atoms with Gasteiger partial charge in [-0.05, 0) is 12.0 Å². The summed E-state index contributed by atoms with van der Waals surface area (Å²) in [6.45, 7) is 0.728. The molecule has 2 rings (SSSR count). The first-order valence-corrected chi connectivity index (χ1v) is 5.50. The van der Waals surface area contributed by atoms with Crippen molar-refractivity contribution in [1.82, 2.24) is 19.7 Å². The first kappa shape index (κ1) is 12.1. The molecule has 0 unspecified atom stereocenters. The highest BCUT2D eigenvalue weighted by Crippen LogP contribution is 2.11. The minimum Gasteiger partial charge on any atom is -0.370 e. The van der Waals surface area contributed by atoms with E-state index in [4.69, 9.17) is 11.6 Å². The van der Waals surface area contributed by atoms with Crippen LogP contribution in [0.15, 0.2) is 18.5 Å². The Morgan fingerprint density at radius 2 is 2.11 bits per heavy atom. The van der Waals surface area contributed by atoms with E-state index in [2.05, 4.69) is 25.8 Å². The Hall–Kier alpha value is -2.35. The highest BCUT2D eigenvalue weighted by molar-refractivity contribution is 5.50. The van der Waals surface area contributed by atoms with E-state index in [0.717, 1.165) is 18.5 Å². The van der Waals surface area contributed by atoms with Crippen LogP contribution < -0.4 is 22.3 Å². The molecule has 0 bridgehead atoms. The maximum absolute atomic E-state index is 5.55. The molecule has 0 saturated carbocycles. The largest absolute Gasteiger partial charge is 0.370 e. The number of nitrogens with one attached hydrogen (secondary N) is 2. The number of hydrogen-bond acceptors (Lipinski definition) is 7. The lowest BCUT2D eigenvalue weighted by molar-refractivity contribution is 0.767. The standard InChI is InChI=1S/C10H16N8/c1-18-6-7(5-14-18)2-3-13-8-4-9(17-12)16-10(11)15-8/h4-6H,2-3,12H2,1H3,(H4,11,13,15,16,17). The number of aromatic nitrogens is 4. The van der Waals surface area contributed by atoms with Crippen LogP contribution >= 0.6 is 0 Å². The average molecular weight is 248 g/mol. The fourth-order valence-corrected chi connectivity index (χ4v) is 1.57. The second-order valence-electron chi connectivity index (χ2n) is 3.84. The van der Waals surface area contributed by atoms with E-state index in [0.29, 0.717) is 11.6 Å². The molecule has 0 atom stereocenters. The van der Waals surface area contributed by atoms with Gasteiger partial charge >= 0.3 is 0 Å². The quantitative estimate of drug-likeness (QED) is 0.424. The molecule has 0 aliphatic heterocycles. The molecule has 8 nitrogen and oxygen atoms in total. The number of nitrogens with two attached hydrogens (primary N) is 2. The van der Waals surface area contributed by atoms with Crippen molar-refractivity contribution in [3.63, 3.8) is 0 Å². The Bertz CT molecular complexity index is 520. The highest BCUT2D eigenvalue weighted by atomic mass is 15.3. The SMILES string of the molecule is Cn1cc(CCNc2cc(NN)nc(N)n2)cn1. The van der Waals surface area contributed by atoms with Crippen molar-refractivity contribution in [2.24, 2.45) is 12.9 Å². The number of anilines is 3. The van der Waals surface area contributed by atoms with Gasteiger partial charge in [0.1, 0.15) is 11.6 Å². The van der Waals surface area contributed by atoms with Crippen LogP contribution in [-0.4, -0.2) is 26.3 Å². The molecule has 0 aliphatic carbocycles. The predicted octanol–water partition coefficient (Wildman–Crippen LogP) is -0.267. The average Bonchev–Trinajstić information content (AvgIpc) is 2.74. The Morgan fingerprint density at radius 1 is 1.33 bits per heavy atom. The van der Waals surface area contributed by atoms with Gasteiger partial charge in [0.2, 0.25) is 5.95 Å². The van der Waals surface area contributed by atoms with Gasteiger partial charge in [-0.1, -0.05) is 0 Å². The fraction of sp³-hybridized carbons (Fsp3) is 0.300. The van der Waals surface area contributed by atoms with Crippen molar-refractivity contribution in [1.29, 1.82) is 0 Å². The summed E-state index contributed by atoms with van der Waals surface area (Å²) in [6, 6.07) is 1.69. The van der Waals surface area contributed by atoms with Gasteiger partial charge in [-0.15, -0.1) is 0 Å². The molecule has 8 heteroatoms. The van der Waals surface area contributed by atoms with Crippen molar-refractivity contribution in [2.45, 2.75) is 6.42 Å². The smallest absolute Gasteiger partial charge is 0.223 e. The summed E-state index contributed by atoms with van der Waals surface area (Å²) in [5.74, 6) is 6.57. The van der Waals surface area contributed by atoms with Gasteiger partial charge in [0, 0.05) is 25.9 Å². The predicted molar refractivity (Wildman–Crippen MR) is 69.7 cm³/mol. The Labute approximate surface area is 104 Å². The van der Waals surface area contributed by atoms with Crippen molar-refractivity contribution in [3.8, 4) is 0 Å². The third kappa shape index (κ3) is 3.08. The lowest BCUT2D eigenvalue weighted by Crippen LogP contribution is -2.13. The number of nitrogen functional groups attached to an aromatic ring is 2. The lowest BCUT2D eigenvalue weighted by atomic mass is 10.2. The maximum Gasteiger partial charge on any atom is 0.223 e. The first-order chi connectivity index (χ1) is 8.67. The summed E-state index contributed by atoms with van der Waals surface area (Å²) in [7, 11) is 1.89. The topological polar surface area (TPSA) is 120 Å². The zero-order valence-electron chi connectivity index (χ0n) is 10.1. The molecular formula is C10H16N8. The van der Waals surface area contributed by atoms with Gasteiger partial charge in [0.25, 0.3) is 0 Å². The molecule has 0 aromatic carbocycles. The molecule has 0 amide bonds. The normalized spacial score (nSPS) is 10.3. The molecule has 18 heavy (non-hydrogen) atoms. The summed E-state index contributed by atoms with van der Waals surface area (Å²) in [5, 5.41) is 7.25. The van der Waals surface area contributed by atoms with Crippen LogP contribution in [0.1, 0.15) is 5.56 Å². The first-order valence-electron chi connectivity index (χ1n) is 5.50. The summed E-state index contributed by atoms with van der Waals surface area (Å²) in [5.41, 5.74) is 9.14. The third-order valence-electron chi connectivity index (χ3n) is 2.37. The molecule has 0 aliphatic rings. The lowest BCUT2D eigenvalue weighted by Gasteiger charge is -2.07. The number of nitrogens with zero attached hydrogens (tertiary/aromatic N) is 4. The van der Waals surface area contributed by atoms with Crippen molar-refractivity contribution < 1.29 is 0 Å². The molecule has 6 N–H and O–H groups in total. The summed E-state index contributed by atoms with van der Waals surface area (Å²) < 4.78 is 1.77. The van der Waals surface area contributed by atoms with Gasteiger partial charge in [-0.2, -0.15) is 15.1 Å². The number of hydrazine groups is 1. The van der Waals surface area contributed by atoms with Crippen LogP contribution in [0, 0.1) is 0 Å². The van der Waals surface area contributed by atoms with Crippen LogP contribution in [0.25, 0.3) is 0 Å². The summed E-state index contributed by atoms with van der Waals surface area (Å²) in [6.07, 6.45) is 4.66. The second-order valence-corrected chi connectivity index (χ2v) is 3.84. The highest BCUT2D eigenvalue weighted by Gasteiger charge is 2.01. The number of rotatable bonds is 5. The van der Waals surface area contributed by atoms with Crippen LogP contribution in [0.2, 0.25) is 0 Å². The Kier molecular flexibility index (Phi) is 3.58. The van der Waals surface area contributed by atoms with E-state index < -0.39 is 0 Å². The van der Waals surface area contributed by atoms with Crippen molar-refractivity contribution >= 4 is 17.6 Å². The van der Waals surface area contributed by atoms with Gasteiger partial charge in [0.15, 0.2) is 0 Å². The maximum atomic E-state index is 5.55. The van der Waals surface area contributed by atoms with Gasteiger partial charge < -0.3 is 16.5 Å². The van der Waals surface area contributed by atoms with Gasteiger partial charge in [-0.3, -0.25) is 4.68 Å². The number of hydrogen-bond donors (Lipinski definition) is 4. The van der Waals surface area contributed by atoms with Crippen molar-refractivity contribution in [3.05, 3.63) is 24.0 Å². The Balaban J connectivity index is 1.91. The summed E-state index contributed by atoms with van der Waals surface area (Å²) >= 11 is 0. The van der Waals surface area contributed by atoms with Gasteiger partial charge in [-0.25, -0.2) is 5.84 Å². The zero-order chi connectivity index (χ0) is 13.0. The van der Waals surface area contributed by atoms with Crippen LogP contribution in [0.3, 0.4) is 0 Å². The monoisotopic (exact) mass is 248 g/mol. The van der Waals surface area contributed by atoms with E-state index in [1.165, 1.54) is 0 Å². The van der Waals surface area contributed by atoms with Crippen molar-refractivity contribution in [2.75, 3.05) is 23.0 Å². The molecule has 2 aromatic rings. The van der Waals surface area contributed by atoms with E-state index in [1.807, 2.05) is 19.4 Å². The summed E-state index contributed by atoms with van der Waals surface area (Å²) in [4.78, 5) is 7.96. The molecule has 2 aromatic heterocycles. The van der Waals surface area contributed by atoms with E-state index in [9.17, 15) is 0 Å². The fourth-order valence-electron chi connectivity index (χ4n) is 1.57. The number of aryl methyl sites for hydroxylation is 1. The van der Waals surface area contributed by atoms with Crippen LogP contribution in [-0.2, 0) is 13.5 Å². The molecule has 0 saturated heterocycles. The molecule has 96 valence electrons. The second kappa shape index (κ2) is 5.32. The van der Waals surface area contributed by atoms with Gasteiger partial charge in [0.05, 0.1) is 6.20 Å². The van der Waals surface area contributed by atoms with Crippen LogP contribution in [0.5, 0.6) is 0 Å². The Morgan fingerprint density at radius 3 is 2.78 bits per heavy atom. The minimum absolute atomic E-state index is 0.175. The molecule has 2 heterocycles. The van der Waals surface area contributed by atoms with E-state index in [1.54, 1.807) is 10.7 Å². The molecule has 0 fully saturated rings. The van der Waals surface area contributed by atoms with Crippen LogP contribution in [0.4, 0.5) is 17.6 Å². The zero-order valence-corrected chi connectivity index (χ0v) is 10.1. The molecule has 0 radical (unpaired) electrons.